The molecule has 152 valence electrons. The first-order chi connectivity index (χ1) is 14.6. The molecular formula is C21H20FN7O. The summed E-state index contributed by atoms with van der Waals surface area (Å²) in [4.78, 5) is 8.73. The SMILES string of the molecule is Cc1ccc(Oc2ccnc(Nc3ccc(F)c(CCc4nn[nH]n4)c3)c2)c(C)n1. The molecule has 0 aliphatic rings. The van der Waals surface area contributed by atoms with Gasteiger partial charge in [0.25, 0.3) is 0 Å². The summed E-state index contributed by atoms with van der Waals surface area (Å²) < 4.78 is 20.1. The molecule has 0 radical (unpaired) electrons. The van der Waals surface area contributed by atoms with E-state index in [1.54, 1.807) is 30.5 Å². The van der Waals surface area contributed by atoms with E-state index in [1.165, 1.54) is 6.07 Å². The predicted molar refractivity (Wildman–Crippen MR) is 109 cm³/mol. The van der Waals surface area contributed by atoms with Gasteiger partial charge in [-0.25, -0.2) is 9.37 Å². The highest BCUT2D eigenvalue weighted by Gasteiger charge is 2.08. The smallest absolute Gasteiger partial charge is 0.174 e. The van der Waals surface area contributed by atoms with E-state index in [0.29, 0.717) is 41.5 Å². The summed E-state index contributed by atoms with van der Waals surface area (Å²) in [6.45, 7) is 3.84. The van der Waals surface area contributed by atoms with E-state index in [9.17, 15) is 4.39 Å². The lowest BCUT2D eigenvalue weighted by Crippen LogP contribution is -2.00. The van der Waals surface area contributed by atoms with E-state index in [1.807, 2.05) is 26.0 Å². The predicted octanol–water partition coefficient (Wildman–Crippen LogP) is 4.07. The van der Waals surface area contributed by atoms with Crippen LogP contribution in [0.2, 0.25) is 0 Å². The van der Waals surface area contributed by atoms with Crippen LogP contribution in [0.1, 0.15) is 22.8 Å². The quantitative estimate of drug-likeness (QED) is 0.478. The van der Waals surface area contributed by atoms with E-state index >= 15 is 0 Å². The maximum atomic E-state index is 14.2. The molecular weight excluding hydrogens is 385 g/mol. The van der Waals surface area contributed by atoms with Gasteiger partial charge in [-0.1, -0.05) is 5.21 Å². The number of rotatable bonds is 7. The Bertz CT molecular complexity index is 1150. The molecule has 0 aliphatic carbocycles. The number of H-pyrrole nitrogens is 1. The normalized spacial score (nSPS) is 10.8. The van der Waals surface area contributed by atoms with E-state index in [2.05, 4.69) is 35.9 Å². The van der Waals surface area contributed by atoms with Crippen LogP contribution in [0, 0.1) is 19.7 Å². The molecule has 30 heavy (non-hydrogen) atoms. The summed E-state index contributed by atoms with van der Waals surface area (Å²) >= 11 is 0. The van der Waals surface area contributed by atoms with Crippen LogP contribution in [0.25, 0.3) is 0 Å². The highest BCUT2D eigenvalue weighted by atomic mass is 19.1. The van der Waals surface area contributed by atoms with Crippen LogP contribution in [0.15, 0.2) is 48.7 Å². The Balaban J connectivity index is 1.47. The summed E-state index contributed by atoms with van der Waals surface area (Å²) in [5.74, 6) is 2.15. The number of hydrogen-bond acceptors (Lipinski definition) is 7. The molecule has 0 bridgehead atoms. The molecule has 1 aromatic carbocycles. The summed E-state index contributed by atoms with van der Waals surface area (Å²) in [6, 6.07) is 12.2. The minimum Gasteiger partial charge on any atom is -0.455 e. The highest BCUT2D eigenvalue weighted by molar-refractivity contribution is 5.58. The van der Waals surface area contributed by atoms with Crippen LogP contribution in [-0.2, 0) is 12.8 Å². The molecule has 0 amide bonds. The van der Waals surface area contributed by atoms with Crippen molar-refractivity contribution in [2.45, 2.75) is 26.7 Å². The second-order valence-electron chi connectivity index (χ2n) is 6.77. The van der Waals surface area contributed by atoms with Gasteiger partial charge in [-0.15, -0.1) is 10.2 Å². The number of aryl methyl sites for hydroxylation is 4. The number of tetrazole rings is 1. The van der Waals surface area contributed by atoms with Crippen molar-refractivity contribution in [2.75, 3.05) is 5.32 Å². The monoisotopic (exact) mass is 405 g/mol. The highest BCUT2D eigenvalue weighted by Crippen LogP contribution is 2.27. The van der Waals surface area contributed by atoms with Gasteiger partial charge < -0.3 is 10.1 Å². The Kier molecular flexibility index (Phi) is 5.60. The second-order valence-corrected chi connectivity index (χ2v) is 6.77. The van der Waals surface area contributed by atoms with Crippen LogP contribution in [-0.4, -0.2) is 30.6 Å². The van der Waals surface area contributed by atoms with Crippen LogP contribution in [0.3, 0.4) is 0 Å². The van der Waals surface area contributed by atoms with Gasteiger partial charge in [-0.3, -0.25) is 4.98 Å². The molecule has 2 N–H and O–H groups in total. The van der Waals surface area contributed by atoms with E-state index in [4.69, 9.17) is 4.74 Å². The minimum absolute atomic E-state index is 0.281. The Morgan fingerprint density at radius 2 is 1.97 bits per heavy atom. The average Bonchev–Trinajstić information content (AvgIpc) is 3.24. The first-order valence-electron chi connectivity index (χ1n) is 9.43. The largest absolute Gasteiger partial charge is 0.455 e. The fraction of sp³-hybridized carbons (Fsp3) is 0.190. The number of benzene rings is 1. The average molecular weight is 405 g/mol. The fourth-order valence-corrected chi connectivity index (χ4v) is 2.98. The molecule has 4 rings (SSSR count). The maximum absolute atomic E-state index is 14.2. The number of anilines is 2. The summed E-state index contributed by atoms with van der Waals surface area (Å²) in [5.41, 5.74) is 3.02. The van der Waals surface area contributed by atoms with Gasteiger partial charge in [0, 0.05) is 30.1 Å². The van der Waals surface area contributed by atoms with Gasteiger partial charge in [-0.2, -0.15) is 5.21 Å². The number of halogens is 1. The lowest BCUT2D eigenvalue weighted by Gasteiger charge is -2.11. The molecule has 0 unspecified atom stereocenters. The lowest BCUT2D eigenvalue weighted by atomic mass is 10.1. The van der Waals surface area contributed by atoms with Gasteiger partial charge in [0.1, 0.15) is 23.1 Å². The van der Waals surface area contributed by atoms with Gasteiger partial charge in [0.05, 0.1) is 5.69 Å². The van der Waals surface area contributed by atoms with Crippen molar-refractivity contribution < 1.29 is 9.13 Å². The molecule has 8 nitrogen and oxygen atoms in total. The van der Waals surface area contributed by atoms with Crippen molar-refractivity contribution >= 4 is 11.5 Å². The standard InChI is InChI=1S/C21H20FN7O/c1-13-3-7-19(14(2)24-13)30-17-9-10-23-21(12-17)25-16-5-6-18(22)15(11-16)4-8-20-26-28-29-27-20/h3,5-7,9-12H,4,8H2,1-2H3,(H,23,25)(H,26,27,28,29). The number of nitrogens with zero attached hydrogens (tertiary/aromatic N) is 5. The first kappa shape index (κ1) is 19.4. The molecule has 4 aromatic rings. The van der Waals surface area contributed by atoms with Crippen LogP contribution >= 0.6 is 0 Å². The van der Waals surface area contributed by atoms with Crippen LogP contribution in [0.4, 0.5) is 15.9 Å². The van der Waals surface area contributed by atoms with Crippen molar-refractivity contribution in [1.82, 2.24) is 30.6 Å². The zero-order valence-electron chi connectivity index (χ0n) is 16.6. The molecule has 3 heterocycles. The molecule has 0 saturated heterocycles. The number of pyridine rings is 2. The number of hydrogen-bond donors (Lipinski definition) is 2. The van der Waals surface area contributed by atoms with E-state index in [-0.39, 0.29) is 5.82 Å². The van der Waals surface area contributed by atoms with Gasteiger partial charge in [0.15, 0.2) is 5.82 Å². The van der Waals surface area contributed by atoms with Crippen molar-refractivity contribution in [1.29, 1.82) is 0 Å². The molecule has 0 spiro atoms. The fourth-order valence-electron chi connectivity index (χ4n) is 2.98. The Hall–Kier alpha value is -3.88. The van der Waals surface area contributed by atoms with E-state index in [0.717, 1.165) is 17.1 Å². The Morgan fingerprint density at radius 1 is 1.07 bits per heavy atom. The van der Waals surface area contributed by atoms with Gasteiger partial charge >= 0.3 is 0 Å². The molecule has 0 aliphatic heterocycles. The zero-order valence-corrected chi connectivity index (χ0v) is 16.6. The molecule has 0 fully saturated rings. The van der Waals surface area contributed by atoms with Crippen molar-refractivity contribution in [2.24, 2.45) is 0 Å². The van der Waals surface area contributed by atoms with Crippen molar-refractivity contribution in [3.8, 4) is 11.5 Å². The second kappa shape index (κ2) is 8.64. The minimum atomic E-state index is -0.281. The number of ether oxygens (including phenoxy) is 1. The number of aromatic nitrogens is 6. The topological polar surface area (TPSA) is 102 Å². The van der Waals surface area contributed by atoms with Gasteiger partial charge in [0.2, 0.25) is 0 Å². The summed E-state index contributed by atoms with van der Waals surface area (Å²) in [5, 5.41) is 16.9. The molecule has 0 saturated carbocycles. The van der Waals surface area contributed by atoms with Crippen molar-refractivity contribution in [3.05, 3.63) is 77.3 Å². The molecule has 9 heteroatoms. The number of nitrogens with one attached hydrogen (secondary N) is 2. The third kappa shape index (κ3) is 4.75. The third-order valence-corrected chi connectivity index (χ3v) is 4.46. The van der Waals surface area contributed by atoms with Crippen molar-refractivity contribution in [3.63, 3.8) is 0 Å². The summed E-state index contributed by atoms with van der Waals surface area (Å²) in [6.07, 6.45) is 2.59. The molecule has 0 atom stereocenters. The maximum Gasteiger partial charge on any atom is 0.174 e. The van der Waals surface area contributed by atoms with Gasteiger partial charge in [-0.05, 0) is 62.2 Å². The Morgan fingerprint density at radius 3 is 2.77 bits per heavy atom. The Labute approximate surface area is 172 Å². The van der Waals surface area contributed by atoms with Crippen LogP contribution < -0.4 is 10.1 Å². The third-order valence-electron chi connectivity index (χ3n) is 4.46. The van der Waals surface area contributed by atoms with E-state index < -0.39 is 0 Å². The zero-order chi connectivity index (χ0) is 20.9. The summed E-state index contributed by atoms with van der Waals surface area (Å²) in [7, 11) is 0. The number of aromatic amines is 1. The lowest BCUT2D eigenvalue weighted by molar-refractivity contribution is 0.475. The first-order valence-corrected chi connectivity index (χ1v) is 9.43. The van der Waals surface area contributed by atoms with Crippen LogP contribution in [0.5, 0.6) is 11.5 Å². The molecule has 3 aromatic heterocycles.